The number of piperazine rings is 1. The molecule has 17 heavy (non-hydrogen) atoms. The number of benzene rings is 1. The summed E-state index contributed by atoms with van der Waals surface area (Å²) in [4.78, 5) is 15.6. The van der Waals surface area contributed by atoms with E-state index in [4.69, 9.17) is 5.73 Å². The first-order valence-electron chi connectivity index (χ1n) is 6.02. The molecule has 1 aliphatic rings. The van der Waals surface area contributed by atoms with Gasteiger partial charge in [-0.25, -0.2) is 0 Å². The van der Waals surface area contributed by atoms with Crippen molar-refractivity contribution in [2.24, 2.45) is 5.73 Å². The van der Waals surface area contributed by atoms with E-state index in [1.54, 1.807) is 0 Å². The van der Waals surface area contributed by atoms with E-state index in [1.807, 2.05) is 25.1 Å². The van der Waals surface area contributed by atoms with E-state index in [0.29, 0.717) is 0 Å². The van der Waals surface area contributed by atoms with Crippen LogP contribution in [0.3, 0.4) is 0 Å². The van der Waals surface area contributed by atoms with Crippen LogP contribution >= 0.6 is 0 Å². The Morgan fingerprint density at radius 3 is 2.29 bits per heavy atom. The Hall–Kier alpha value is -1.55. The highest BCUT2D eigenvalue weighted by Gasteiger charge is 2.23. The first kappa shape index (κ1) is 11.9. The van der Waals surface area contributed by atoms with Gasteiger partial charge in [-0.1, -0.05) is 18.2 Å². The number of hydrogen-bond acceptors (Lipinski definition) is 3. The second-order valence-electron chi connectivity index (χ2n) is 4.44. The summed E-state index contributed by atoms with van der Waals surface area (Å²) in [5.74, 6) is -0.238. The van der Waals surface area contributed by atoms with Gasteiger partial charge in [0, 0.05) is 31.9 Å². The summed E-state index contributed by atoms with van der Waals surface area (Å²) >= 11 is 0. The summed E-state index contributed by atoms with van der Waals surface area (Å²) in [6, 6.07) is 10.2. The highest BCUT2D eigenvalue weighted by Crippen LogP contribution is 2.16. The molecule has 0 aromatic heterocycles. The Morgan fingerprint density at radius 1 is 1.18 bits per heavy atom. The van der Waals surface area contributed by atoms with Gasteiger partial charge >= 0.3 is 0 Å². The number of hydrogen-bond donors (Lipinski definition) is 1. The summed E-state index contributed by atoms with van der Waals surface area (Å²) in [5.41, 5.74) is 6.57. The number of anilines is 1. The van der Waals surface area contributed by atoms with E-state index in [-0.39, 0.29) is 11.9 Å². The normalized spacial score (nSPS) is 19.0. The van der Waals surface area contributed by atoms with E-state index < -0.39 is 0 Å². The second-order valence-corrected chi connectivity index (χ2v) is 4.44. The van der Waals surface area contributed by atoms with Crippen LogP contribution in [0, 0.1) is 0 Å². The molecule has 1 aromatic rings. The standard InChI is InChI=1S/C13H19N3O/c1-11(13(14)17)15-7-9-16(10-8-15)12-5-3-2-4-6-12/h2-6,11H,7-10H2,1H3,(H2,14,17). The Labute approximate surface area is 102 Å². The molecule has 1 fully saturated rings. The van der Waals surface area contributed by atoms with Crippen molar-refractivity contribution in [3.8, 4) is 0 Å². The van der Waals surface area contributed by atoms with E-state index >= 15 is 0 Å². The summed E-state index contributed by atoms with van der Waals surface area (Å²) in [6.07, 6.45) is 0. The molecular formula is C13H19N3O. The number of nitrogens with two attached hydrogens (primary N) is 1. The Morgan fingerprint density at radius 2 is 1.76 bits per heavy atom. The first-order chi connectivity index (χ1) is 8.18. The van der Waals surface area contributed by atoms with Gasteiger partial charge in [-0.05, 0) is 19.1 Å². The van der Waals surface area contributed by atoms with Crippen molar-refractivity contribution in [3.63, 3.8) is 0 Å². The van der Waals surface area contributed by atoms with Gasteiger partial charge in [0.25, 0.3) is 0 Å². The van der Waals surface area contributed by atoms with E-state index in [2.05, 4.69) is 21.9 Å². The third-order valence-electron chi connectivity index (χ3n) is 3.40. The fraction of sp³-hybridized carbons (Fsp3) is 0.462. The van der Waals surface area contributed by atoms with E-state index in [1.165, 1.54) is 5.69 Å². The largest absolute Gasteiger partial charge is 0.369 e. The molecule has 92 valence electrons. The van der Waals surface area contributed by atoms with E-state index in [9.17, 15) is 4.79 Å². The third kappa shape index (κ3) is 2.77. The molecule has 0 spiro atoms. The molecule has 1 atom stereocenters. The highest BCUT2D eigenvalue weighted by atomic mass is 16.1. The Bertz CT molecular complexity index is 372. The van der Waals surface area contributed by atoms with Gasteiger partial charge in [-0.2, -0.15) is 0 Å². The number of para-hydroxylation sites is 1. The van der Waals surface area contributed by atoms with Crippen LogP contribution in [0.4, 0.5) is 5.69 Å². The monoisotopic (exact) mass is 233 g/mol. The van der Waals surface area contributed by atoms with Crippen LogP contribution in [-0.2, 0) is 4.79 Å². The van der Waals surface area contributed by atoms with Gasteiger partial charge in [-0.15, -0.1) is 0 Å². The van der Waals surface area contributed by atoms with Gasteiger partial charge in [-0.3, -0.25) is 9.69 Å². The maximum Gasteiger partial charge on any atom is 0.234 e. The molecule has 1 saturated heterocycles. The molecule has 1 unspecified atom stereocenters. The molecule has 0 bridgehead atoms. The van der Waals surface area contributed by atoms with Gasteiger partial charge < -0.3 is 10.6 Å². The highest BCUT2D eigenvalue weighted by molar-refractivity contribution is 5.79. The van der Waals surface area contributed by atoms with Crippen molar-refractivity contribution in [1.29, 1.82) is 0 Å². The fourth-order valence-electron chi connectivity index (χ4n) is 2.19. The maximum atomic E-state index is 11.1. The maximum absolute atomic E-state index is 11.1. The minimum atomic E-state index is -0.238. The molecule has 4 nitrogen and oxygen atoms in total. The van der Waals surface area contributed by atoms with Crippen LogP contribution in [0.15, 0.2) is 30.3 Å². The van der Waals surface area contributed by atoms with Crippen LogP contribution in [0.25, 0.3) is 0 Å². The van der Waals surface area contributed by atoms with Gasteiger partial charge in [0.05, 0.1) is 6.04 Å². The average molecular weight is 233 g/mol. The first-order valence-corrected chi connectivity index (χ1v) is 6.02. The van der Waals surface area contributed by atoms with Crippen molar-refractivity contribution in [2.75, 3.05) is 31.1 Å². The van der Waals surface area contributed by atoms with Crippen molar-refractivity contribution < 1.29 is 4.79 Å². The molecule has 0 radical (unpaired) electrons. The van der Waals surface area contributed by atoms with Gasteiger partial charge in [0.15, 0.2) is 0 Å². The summed E-state index contributed by atoms with van der Waals surface area (Å²) in [6.45, 7) is 5.54. The molecule has 2 N–H and O–H groups in total. The zero-order valence-corrected chi connectivity index (χ0v) is 10.2. The number of amides is 1. The lowest BCUT2D eigenvalue weighted by Gasteiger charge is -2.38. The van der Waals surface area contributed by atoms with Crippen LogP contribution in [0.2, 0.25) is 0 Å². The minimum Gasteiger partial charge on any atom is -0.369 e. The smallest absolute Gasteiger partial charge is 0.234 e. The average Bonchev–Trinajstić information content (AvgIpc) is 2.39. The lowest BCUT2D eigenvalue weighted by atomic mass is 10.2. The van der Waals surface area contributed by atoms with Gasteiger partial charge in [0.1, 0.15) is 0 Å². The SMILES string of the molecule is CC(C(N)=O)N1CCN(c2ccccc2)CC1. The predicted octanol–water partition coefficient (Wildman–Crippen LogP) is 0.682. The van der Waals surface area contributed by atoms with Crippen molar-refractivity contribution in [3.05, 3.63) is 30.3 Å². The van der Waals surface area contributed by atoms with Gasteiger partial charge in [0.2, 0.25) is 5.91 Å². The molecule has 1 amide bonds. The Balaban J connectivity index is 1.93. The molecule has 4 heteroatoms. The predicted molar refractivity (Wildman–Crippen MR) is 68.9 cm³/mol. The minimum absolute atomic E-state index is 0.159. The fourth-order valence-corrected chi connectivity index (χ4v) is 2.19. The van der Waals surface area contributed by atoms with Crippen LogP contribution in [-0.4, -0.2) is 43.0 Å². The molecule has 1 heterocycles. The molecule has 1 aliphatic heterocycles. The van der Waals surface area contributed by atoms with Crippen LogP contribution in [0.5, 0.6) is 0 Å². The third-order valence-corrected chi connectivity index (χ3v) is 3.40. The topological polar surface area (TPSA) is 49.6 Å². The summed E-state index contributed by atoms with van der Waals surface area (Å²) in [5, 5.41) is 0. The quantitative estimate of drug-likeness (QED) is 0.835. The lowest BCUT2D eigenvalue weighted by molar-refractivity contribution is -0.122. The zero-order valence-electron chi connectivity index (χ0n) is 10.2. The van der Waals surface area contributed by atoms with Crippen LogP contribution in [0.1, 0.15) is 6.92 Å². The number of primary amides is 1. The van der Waals surface area contributed by atoms with Crippen molar-refractivity contribution >= 4 is 11.6 Å². The number of carbonyl (C=O) groups is 1. The molecular weight excluding hydrogens is 214 g/mol. The summed E-state index contributed by atoms with van der Waals surface area (Å²) < 4.78 is 0. The second kappa shape index (κ2) is 5.19. The molecule has 0 aliphatic carbocycles. The molecule has 1 aromatic carbocycles. The van der Waals surface area contributed by atoms with E-state index in [0.717, 1.165) is 26.2 Å². The molecule has 0 saturated carbocycles. The van der Waals surface area contributed by atoms with Crippen molar-refractivity contribution in [1.82, 2.24) is 4.90 Å². The Kier molecular flexibility index (Phi) is 3.64. The van der Waals surface area contributed by atoms with Crippen LogP contribution < -0.4 is 10.6 Å². The number of carbonyl (C=O) groups excluding carboxylic acids is 1. The summed E-state index contributed by atoms with van der Waals surface area (Å²) in [7, 11) is 0. The number of nitrogens with zero attached hydrogens (tertiary/aromatic N) is 2. The molecule has 2 rings (SSSR count). The van der Waals surface area contributed by atoms with Crippen molar-refractivity contribution in [2.45, 2.75) is 13.0 Å². The number of rotatable bonds is 3. The zero-order chi connectivity index (χ0) is 12.3. The lowest BCUT2D eigenvalue weighted by Crippen LogP contribution is -2.53.